The number of amides is 1. The molecule has 28 heavy (non-hydrogen) atoms. The first-order valence-corrected chi connectivity index (χ1v) is 8.84. The van der Waals surface area contributed by atoms with Crippen LogP contribution in [0, 0.1) is 13.8 Å². The van der Waals surface area contributed by atoms with E-state index in [1.165, 1.54) is 5.56 Å². The zero-order valence-corrected chi connectivity index (χ0v) is 16.4. The number of methoxy groups -OCH3 is 2. The number of aromatic nitrogens is 1. The minimum absolute atomic E-state index is 0.255. The lowest BCUT2D eigenvalue weighted by molar-refractivity contribution is 0.102. The first-order valence-electron chi connectivity index (χ1n) is 8.84. The Morgan fingerprint density at radius 1 is 0.964 bits per heavy atom. The van der Waals surface area contributed by atoms with Gasteiger partial charge in [0.15, 0.2) is 0 Å². The van der Waals surface area contributed by atoms with Crippen LogP contribution in [0.15, 0.2) is 54.7 Å². The summed E-state index contributed by atoms with van der Waals surface area (Å²) in [5, 5.41) is 6.14. The van der Waals surface area contributed by atoms with Crippen molar-refractivity contribution in [1.29, 1.82) is 0 Å². The number of hydrogen-bond acceptors (Lipinski definition) is 5. The molecule has 2 N–H and O–H groups in total. The highest BCUT2D eigenvalue weighted by molar-refractivity contribution is 6.05. The molecule has 0 aliphatic rings. The summed E-state index contributed by atoms with van der Waals surface area (Å²) >= 11 is 0. The SMILES string of the molecule is COc1ccc(NC(=O)c2ccnc(Nc3cccc(C)c3C)c2)c(OC)c1. The van der Waals surface area contributed by atoms with Crippen LogP contribution in [-0.4, -0.2) is 25.1 Å². The van der Waals surface area contributed by atoms with E-state index >= 15 is 0 Å². The van der Waals surface area contributed by atoms with Crippen LogP contribution < -0.4 is 20.1 Å². The summed E-state index contributed by atoms with van der Waals surface area (Å²) in [6.07, 6.45) is 1.60. The highest BCUT2D eigenvalue weighted by atomic mass is 16.5. The summed E-state index contributed by atoms with van der Waals surface area (Å²) in [5.74, 6) is 1.52. The molecule has 1 heterocycles. The molecule has 0 atom stereocenters. The number of carbonyl (C=O) groups is 1. The fourth-order valence-electron chi connectivity index (χ4n) is 2.76. The second-order valence-electron chi connectivity index (χ2n) is 6.32. The predicted molar refractivity (Wildman–Crippen MR) is 111 cm³/mol. The van der Waals surface area contributed by atoms with Crippen LogP contribution in [0.2, 0.25) is 0 Å². The Morgan fingerprint density at radius 3 is 2.54 bits per heavy atom. The van der Waals surface area contributed by atoms with E-state index in [1.54, 1.807) is 50.7 Å². The van der Waals surface area contributed by atoms with Crippen molar-refractivity contribution in [2.24, 2.45) is 0 Å². The van der Waals surface area contributed by atoms with E-state index in [1.807, 2.05) is 19.1 Å². The Labute approximate surface area is 164 Å². The van der Waals surface area contributed by atoms with Gasteiger partial charge in [-0.1, -0.05) is 12.1 Å². The summed E-state index contributed by atoms with van der Waals surface area (Å²) in [7, 11) is 3.12. The molecule has 0 saturated carbocycles. The Balaban J connectivity index is 1.80. The third kappa shape index (κ3) is 4.23. The van der Waals surface area contributed by atoms with Gasteiger partial charge in [0.05, 0.1) is 19.9 Å². The maximum absolute atomic E-state index is 12.7. The first kappa shape index (κ1) is 19.2. The fourth-order valence-corrected chi connectivity index (χ4v) is 2.76. The molecule has 0 unspecified atom stereocenters. The number of carbonyl (C=O) groups excluding carboxylic acids is 1. The number of ether oxygens (including phenoxy) is 2. The Hall–Kier alpha value is -3.54. The van der Waals surface area contributed by atoms with Crippen LogP contribution in [0.1, 0.15) is 21.5 Å². The molecule has 0 bridgehead atoms. The molecule has 0 aliphatic carbocycles. The van der Waals surface area contributed by atoms with Crippen LogP contribution in [0.4, 0.5) is 17.2 Å². The molecule has 0 fully saturated rings. The number of nitrogens with zero attached hydrogens (tertiary/aromatic N) is 1. The summed E-state index contributed by atoms with van der Waals surface area (Å²) in [6, 6.07) is 14.6. The number of anilines is 3. The van der Waals surface area contributed by atoms with Gasteiger partial charge < -0.3 is 20.1 Å². The van der Waals surface area contributed by atoms with Gasteiger partial charge in [0.25, 0.3) is 5.91 Å². The predicted octanol–water partition coefficient (Wildman–Crippen LogP) is 4.71. The van der Waals surface area contributed by atoms with Gasteiger partial charge in [0.2, 0.25) is 0 Å². The molecule has 0 saturated heterocycles. The second kappa shape index (κ2) is 8.43. The summed E-state index contributed by atoms with van der Waals surface area (Å²) < 4.78 is 10.5. The van der Waals surface area contributed by atoms with E-state index in [0.717, 1.165) is 11.3 Å². The molecular weight excluding hydrogens is 354 g/mol. The number of aryl methyl sites for hydroxylation is 1. The van der Waals surface area contributed by atoms with Gasteiger partial charge in [-0.25, -0.2) is 4.98 Å². The van der Waals surface area contributed by atoms with Crippen molar-refractivity contribution >= 4 is 23.1 Å². The zero-order chi connectivity index (χ0) is 20.1. The van der Waals surface area contributed by atoms with E-state index in [0.29, 0.717) is 28.6 Å². The summed E-state index contributed by atoms with van der Waals surface area (Å²) in [6.45, 7) is 4.10. The van der Waals surface area contributed by atoms with Gasteiger partial charge in [0.1, 0.15) is 17.3 Å². The Kier molecular flexibility index (Phi) is 5.79. The van der Waals surface area contributed by atoms with Crippen molar-refractivity contribution in [3.8, 4) is 11.5 Å². The van der Waals surface area contributed by atoms with Crippen molar-refractivity contribution < 1.29 is 14.3 Å². The molecule has 6 nitrogen and oxygen atoms in total. The number of nitrogens with one attached hydrogen (secondary N) is 2. The molecule has 0 aliphatic heterocycles. The van der Waals surface area contributed by atoms with Crippen LogP contribution in [0.5, 0.6) is 11.5 Å². The Morgan fingerprint density at radius 2 is 1.79 bits per heavy atom. The molecule has 144 valence electrons. The number of hydrogen-bond donors (Lipinski definition) is 2. The van der Waals surface area contributed by atoms with Crippen LogP contribution in [0.25, 0.3) is 0 Å². The van der Waals surface area contributed by atoms with Crippen LogP contribution in [-0.2, 0) is 0 Å². The maximum atomic E-state index is 12.7. The molecule has 2 aromatic carbocycles. The van der Waals surface area contributed by atoms with Gasteiger partial charge in [-0.15, -0.1) is 0 Å². The quantitative estimate of drug-likeness (QED) is 0.651. The normalized spacial score (nSPS) is 10.3. The van der Waals surface area contributed by atoms with Gasteiger partial charge in [0, 0.05) is 23.5 Å². The molecule has 1 aromatic heterocycles. The molecule has 3 aromatic rings. The third-order valence-corrected chi connectivity index (χ3v) is 4.55. The van der Waals surface area contributed by atoms with Crippen molar-refractivity contribution in [3.05, 3.63) is 71.4 Å². The number of pyridine rings is 1. The zero-order valence-electron chi connectivity index (χ0n) is 16.4. The lowest BCUT2D eigenvalue weighted by Gasteiger charge is -2.13. The van der Waals surface area contributed by atoms with Gasteiger partial charge in [-0.05, 0) is 55.3 Å². The van der Waals surface area contributed by atoms with Crippen molar-refractivity contribution in [3.63, 3.8) is 0 Å². The standard InChI is InChI=1S/C22H23N3O3/c1-14-6-5-7-18(15(14)2)24-21-12-16(10-11-23-21)22(26)25-19-9-8-17(27-3)13-20(19)28-4/h5-13H,1-4H3,(H,23,24)(H,25,26). The second-order valence-corrected chi connectivity index (χ2v) is 6.32. The lowest BCUT2D eigenvalue weighted by Crippen LogP contribution is -2.13. The first-order chi connectivity index (χ1) is 13.5. The minimum Gasteiger partial charge on any atom is -0.497 e. The molecular formula is C22H23N3O3. The molecule has 0 spiro atoms. The monoisotopic (exact) mass is 377 g/mol. The third-order valence-electron chi connectivity index (χ3n) is 4.55. The summed E-state index contributed by atoms with van der Waals surface area (Å²) in [5.41, 5.74) is 4.34. The van der Waals surface area contributed by atoms with E-state index in [-0.39, 0.29) is 5.91 Å². The van der Waals surface area contributed by atoms with Gasteiger partial charge in [-0.3, -0.25) is 4.79 Å². The lowest BCUT2D eigenvalue weighted by atomic mass is 10.1. The minimum atomic E-state index is -0.255. The number of rotatable bonds is 6. The van der Waals surface area contributed by atoms with E-state index in [2.05, 4.69) is 28.6 Å². The topological polar surface area (TPSA) is 72.5 Å². The van der Waals surface area contributed by atoms with Crippen LogP contribution in [0.3, 0.4) is 0 Å². The van der Waals surface area contributed by atoms with E-state index < -0.39 is 0 Å². The van der Waals surface area contributed by atoms with E-state index in [4.69, 9.17) is 9.47 Å². The van der Waals surface area contributed by atoms with Gasteiger partial charge >= 0.3 is 0 Å². The molecule has 0 radical (unpaired) electrons. The van der Waals surface area contributed by atoms with Gasteiger partial charge in [-0.2, -0.15) is 0 Å². The summed E-state index contributed by atoms with van der Waals surface area (Å²) in [4.78, 5) is 17.0. The molecule has 6 heteroatoms. The van der Waals surface area contributed by atoms with Crippen molar-refractivity contribution in [1.82, 2.24) is 4.98 Å². The Bertz CT molecular complexity index is 1000. The highest BCUT2D eigenvalue weighted by Crippen LogP contribution is 2.29. The largest absolute Gasteiger partial charge is 0.497 e. The highest BCUT2D eigenvalue weighted by Gasteiger charge is 2.12. The van der Waals surface area contributed by atoms with Crippen LogP contribution >= 0.6 is 0 Å². The number of benzene rings is 2. The molecule has 3 rings (SSSR count). The van der Waals surface area contributed by atoms with Crippen molar-refractivity contribution in [2.45, 2.75) is 13.8 Å². The maximum Gasteiger partial charge on any atom is 0.255 e. The van der Waals surface area contributed by atoms with E-state index in [9.17, 15) is 4.79 Å². The fraction of sp³-hybridized carbons (Fsp3) is 0.182. The van der Waals surface area contributed by atoms with Crippen molar-refractivity contribution in [2.75, 3.05) is 24.9 Å². The average molecular weight is 377 g/mol. The smallest absolute Gasteiger partial charge is 0.255 e. The molecule has 1 amide bonds. The average Bonchev–Trinajstić information content (AvgIpc) is 2.72.